The quantitative estimate of drug-likeness (QED) is 0.682. The molecular weight excluding hydrogens is 256 g/mol. The van der Waals surface area contributed by atoms with Crippen LogP contribution in [-0.4, -0.2) is 22.9 Å². The summed E-state index contributed by atoms with van der Waals surface area (Å²) in [6, 6.07) is 5.77. The molecule has 0 aliphatic carbocycles. The number of anilines is 1. The number of rotatable bonds is 4. The zero-order chi connectivity index (χ0) is 14.0. The standard InChI is InChI=1S/C12H11F2N3O2/c1-7-4-11(15-6-12(13)14)9-5-8(17(18)19)2-3-10(9)16-7/h2-5,12H,6H2,1H3,(H,15,16). The predicted molar refractivity (Wildman–Crippen MR) is 67.6 cm³/mol. The number of alkyl halides is 2. The van der Waals surface area contributed by atoms with Gasteiger partial charge in [0, 0.05) is 28.9 Å². The first-order chi connectivity index (χ1) is 8.97. The Bertz CT molecular complexity index is 632. The van der Waals surface area contributed by atoms with E-state index in [1.54, 1.807) is 13.0 Å². The molecule has 2 aromatic rings. The van der Waals surface area contributed by atoms with Crippen LogP contribution in [0.25, 0.3) is 10.9 Å². The van der Waals surface area contributed by atoms with Gasteiger partial charge in [-0.25, -0.2) is 8.78 Å². The largest absolute Gasteiger partial charge is 0.379 e. The van der Waals surface area contributed by atoms with Crippen LogP contribution >= 0.6 is 0 Å². The van der Waals surface area contributed by atoms with Crippen LogP contribution in [0.4, 0.5) is 20.2 Å². The number of halogens is 2. The van der Waals surface area contributed by atoms with E-state index in [0.29, 0.717) is 22.3 Å². The van der Waals surface area contributed by atoms with E-state index in [-0.39, 0.29) is 5.69 Å². The fourth-order valence-electron chi connectivity index (χ4n) is 1.79. The number of fused-ring (bicyclic) bond motifs is 1. The lowest BCUT2D eigenvalue weighted by atomic mass is 10.1. The van der Waals surface area contributed by atoms with E-state index in [4.69, 9.17) is 0 Å². The lowest BCUT2D eigenvalue weighted by Gasteiger charge is -2.10. The molecule has 19 heavy (non-hydrogen) atoms. The first-order valence-electron chi connectivity index (χ1n) is 5.55. The molecule has 0 aliphatic heterocycles. The molecule has 2 rings (SSSR count). The molecule has 0 bridgehead atoms. The van der Waals surface area contributed by atoms with Crippen LogP contribution in [0.1, 0.15) is 5.69 Å². The molecule has 1 aromatic carbocycles. The van der Waals surface area contributed by atoms with Gasteiger partial charge in [-0.1, -0.05) is 0 Å². The summed E-state index contributed by atoms with van der Waals surface area (Å²) in [6.07, 6.45) is -2.50. The van der Waals surface area contributed by atoms with Crippen molar-refractivity contribution in [3.63, 3.8) is 0 Å². The summed E-state index contributed by atoms with van der Waals surface area (Å²) in [6.45, 7) is 1.22. The lowest BCUT2D eigenvalue weighted by molar-refractivity contribution is -0.384. The predicted octanol–water partition coefficient (Wildman–Crippen LogP) is 3.13. The molecule has 1 N–H and O–H groups in total. The SMILES string of the molecule is Cc1cc(NCC(F)F)c2cc([N+](=O)[O-])ccc2n1. The minimum absolute atomic E-state index is 0.0988. The summed E-state index contributed by atoms with van der Waals surface area (Å²) < 4.78 is 24.5. The second-order valence-corrected chi connectivity index (χ2v) is 4.04. The number of pyridine rings is 1. The van der Waals surface area contributed by atoms with Crippen molar-refractivity contribution in [3.8, 4) is 0 Å². The Labute approximate surface area is 107 Å². The third kappa shape index (κ3) is 2.93. The van der Waals surface area contributed by atoms with Gasteiger partial charge in [0.15, 0.2) is 0 Å². The van der Waals surface area contributed by atoms with E-state index in [1.165, 1.54) is 18.2 Å². The number of hydrogen-bond donors (Lipinski definition) is 1. The zero-order valence-electron chi connectivity index (χ0n) is 10.1. The topological polar surface area (TPSA) is 68.1 Å². The van der Waals surface area contributed by atoms with Gasteiger partial charge >= 0.3 is 0 Å². The molecule has 0 atom stereocenters. The third-order valence-corrected chi connectivity index (χ3v) is 2.58. The van der Waals surface area contributed by atoms with Crippen LogP contribution in [0.15, 0.2) is 24.3 Å². The fourth-order valence-corrected chi connectivity index (χ4v) is 1.79. The Kier molecular flexibility index (Phi) is 3.55. The van der Waals surface area contributed by atoms with Gasteiger partial charge in [-0.3, -0.25) is 15.1 Å². The van der Waals surface area contributed by atoms with Crippen molar-refractivity contribution in [1.29, 1.82) is 0 Å². The Morgan fingerprint density at radius 2 is 2.16 bits per heavy atom. The monoisotopic (exact) mass is 267 g/mol. The molecule has 0 fully saturated rings. The number of nitro groups is 1. The summed E-state index contributed by atoms with van der Waals surface area (Å²) >= 11 is 0. The molecule has 100 valence electrons. The lowest BCUT2D eigenvalue weighted by Crippen LogP contribution is -2.10. The molecule has 0 saturated carbocycles. The Balaban J connectivity index is 2.52. The van der Waals surface area contributed by atoms with Crippen molar-refractivity contribution in [2.75, 3.05) is 11.9 Å². The maximum Gasteiger partial charge on any atom is 0.270 e. The summed E-state index contributed by atoms with van der Waals surface area (Å²) in [5, 5.41) is 13.8. The number of nitrogens with zero attached hydrogens (tertiary/aromatic N) is 2. The van der Waals surface area contributed by atoms with Gasteiger partial charge in [-0.05, 0) is 19.1 Å². The van der Waals surface area contributed by atoms with Crippen molar-refractivity contribution in [1.82, 2.24) is 4.98 Å². The molecule has 0 amide bonds. The molecule has 0 aliphatic rings. The summed E-state index contributed by atoms with van der Waals surface area (Å²) in [5.74, 6) is 0. The van der Waals surface area contributed by atoms with Crippen LogP contribution in [0.2, 0.25) is 0 Å². The molecule has 0 spiro atoms. The van der Waals surface area contributed by atoms with Crippen molar-refractivity contribution >= 4 is 22.3 Å². The zero-order valence-corrected chi connectivity index (χ0v) is 10.1. The maximum atomic E-state index is 12.2. The van der Waals surface area contributed by atoms with E-state index < -0.39 is 17.9 Å². The number of nitrogens with one attached hydrogen (secondary N) is 1. The smallest absolute Gasteiger partial charge is 0.270 e. The Hall–Kier alpha value is -2.31. The third-order valence-electron chi connectivity index (χ3n) is 2.58. The number of hydrogen-bond acceptors (Lipinski definition) is 4. The Morgan fingerprint density at radius 3 is 2.79 bits per heavy atom. The van der Waals surface area contributed by atoms with Crippen LogP contribution < -0.4 is 5.32 Å². The van der Waals surface area contributed by atoms with Gasteiger partial charge in [0.2, 0.25) is 0 Å². The van der Waals surface area contributed by atoms with E-state index in [9.17, 15) is 18.9 Å². The average molecular weight is 267 g/mol. The molecule has 1 aromatic heterocycles. The van der Waals surface area contributed by atoms with Crippen molar-refractivity contribution in [2.24, 2.45) is 0 Å². The normalized spacial score (nSPS) is 10.9. The number of nitro benzene ring substituents is 1. The molecular formula is C12H11F2N3O2. The van der Waals surface area contributed by atoms with Gasteiger partial charge in [-0.2, -0.15) is 0 Å². The fraction of sp³-hybridized carbons (Fsp3) is 0.250. The molecule has 0 unspecified atom stereocenters. The highest BCUT2D eigenvalue weighted by atomic mass is 19.3. The van der Waals surface area contributed by atoms with Crippen LogP contribution in [0.5, 0.6) is 0 Å². The average Bonchev–Trinajstić information content (AvgIpc) is 2.35. The highest BCUT2D eigenvalue weighted by molar-refractivity contribution is 5.93. The van der Waals surface area contributed by atoms with Gasteiger partial charge < -0.3 is 5.32 Å². The maximum absolute atomic E-state index is 12.2. The first-order valence-corrected chi connectivity index (χ1v) is 5.55. The molecule has 5 nitrogen and oxygen atoms in total. The first kappa shape index (κ1) is 13.1. The second-order valence-electron chi connectivity index (χ2n) is 4.04. The summed E-state index contributed by atoms with van der Waals surface area (Å²) in [4.78, 5) is 14.4. The molecule has 0 radical (unpaired) electrons. The van der Waals surface area contributed by atoms with Crippen LogP contribution in [0.3, 0.4) is 0 Å². The number of aromatic nitrogens is 1. The van der Waals surface area contributed by atoms with E-state index in [2.05, 4.69) is 10.3 Å². The second kappa shape index (κ2) is 5.13. The van der Waals surface area contributed by atoms with Gasteiger partial charge in [0.05, 0.1) is 17.0 Å². The highest BCUT2D eigenvalue weighted by Crippen LogP contribution is 2.27. The molecule has 7 heteroatoms. The van der Waals surface area contributed by atoms with E-state index in [1.807, 2.05) is 0 Å². The van der Waals surface area contributed by atoms with Crippen molar-refractivity contribution in [3.05, 3.63) is 40.1 Å². The van der Waals surface area contributed by atoms with E-state index in [0.717, 1.165) is 0 Å². The number of non-ortho nitro benzene ring substituents is 1. The Morgan fingerprint density at radius 1 is 1.42 bits per heavy atom. The minimum Gasteiger partial charge on any atom is -0.379 e. The van der Waals surface area contributed by atoms with Crippen LogP contribution in [0, 0.1) is 17.0 Å². The summed E-state index contributed by atoms with van der Waals surface area (Å²) in [7, 11) is 0. The van der Waals surface area contributed by atoms with E-state index >= 15 is 0 Å². The van der Waals surface area contributed by atoms with Crippen LogP contribution in [-0.2, 0) is 0 Å². The number of aryl methyl sites for hydroxylation is 1. The van der Waals surface area contributed by atoms with Gasteiger partial charge in [-0.15, -0.1) is 0 Å². The minimum atomic E-state index is -2.50. The van der Waals surface area contributed by atoms with Gasteiger partial charge in [0.25, 0.3) is 12.1 Å². The van der Waals surface area contributed by atoms with Crippen molar-refractivity contribution in [2.45, 2.75) is 13.3 Å². The highest BCUT2D eigenvalue weighted by Gasteiger charge is 2.11. The summed E-state index contributed by atoms with van der Waals surface area (Å²) in [5.41, 5.74) is 1.50. The molecule has 1 heterocycles. The van der Waals surface area contributed by atoms with Gasteiger partial charge in [0.1, 0.15) is 0 Å². The molecule has 0 saturated heterocycles. The number of benzene rings is 1. The van der Waals surface area contributed by atoms with Crippen molar-refractivity contribution < 1.29 is 13.7 Å².